The topological polar surface area (TPSA) is 46.3 Å². The summed E-state index contributed by atoms with van der Waals surface area (Å²) in [5.41, 5.74) is 6.53. The molecular weight excluding hydrogens is 271 g/mol. The third-order valence-electron chi connectivity index (χ3n) is 2.75. The van der Waals surface area contributed by atoms with Gasteiger partial charge in [-0.1, -0.05) is 36.5 Å². The molecule has 0 fully saturated rings. The Labute approximate surface area is 118 Å². The number of unbranched alkanes of at least 4 members (excludes halogenated alkanes) is 1. The number of nitrogen functional groups attached to an aromatic ring is 1. The van der Waals surface area contributed by atoms with Gasteiger partial charge in [0.1, 0.15) is 0 Å². The molecule has 2 N–H and O–H groups in total. The first-order valence-electron chi connectivity index (χ1n) is 6.05. The SMILES string of the molecule is CCCCN(CC)C(=O)c1cc(N)c(Cl)c(Cl)c1. The van der Waals surface area contributed by atoms with E-state index in [2.05, 4.69) is 6.92 Å². The molecule has 0 aromatic heterocycles. The van der Waals surface area contributed by atoms with Gasteiger partial charge in [-0.3, -0.25) is 4.79 Å². The van der Waals surface area contributed by atoms with Crippen LogP contribution in [0.2, 0.25) is 10.0 Å². The average Bonchev–Trinajstić information content (AvgIpc) is 2.36. The van der Waals surface area contributed by atoms with Gasteiger partial charge in [0.25, 0.3) is 5.91 Å². The summed E-state index contributed by atoms with van der Waals surface area (Å²) < 4.78 is 0. The Morgan fingerprint density at radius 2 is 2.00 bits per heavy atom. The third kappa shape index (κ3) is 3.53. The molecule has 5 heteroatoms. The smallest absolute Gasteiger partial charge is 0.253 e. The highest BCUT2D eigenvalue weighted by atomic mass is 35.5. The van der Waals surface area contributed by atoms with Crippen LogP contribution in [0, 0.1) is 0 Å². The van der Waals surface area contributed by atoms with Crippen LogP contribution in [0.1, 0.15) is 37.0 Å². The number of hydrogen-bond donors (Lipinski definition) is 1. The summed E-state index contributed by atoms with van der Waals surface area (Å²) >= 11 is 11.8. The molecule has 0 radical (unpaired) electrons. The monoisotopic (exact) mass is 288 g/mol. The van der Waals surface area contributed by atoms with E-state index in [1.807, 2.05) is 6.92 Å². The van der Waals surface area contributed by atoms with Crippen molar-refractivity contribution in [2.75, 3.05) is 18.8 Å². The number of anilines is 1. The van der Waals surface area contributed by atoms with E-state index in [0.29, 0.717) is 27.8 Å². The number of rotatable bonds is 5. The summed E-state index contributed by atoms with van der Waals surface area (Å²) in [6, 6.07) is 3.14. The number of nitrogens with zero attached hydrogens (tertiary/aromatic N) is 1. The molecule has 0 unspecified atom stereocenters. The van der Waals surface area contributed by atoms with Crippen LogP contribution in [0.3, 0.4) is 0 Å². The second-order valence-corrected chi connectivity index (χ2v) is 4.88. The Kier molecular flexibility index (Phi) is 5.76. The van der Waals surface area contributed by atoms with E-state index in [-0.39, 0.29) is 5.91 Å². The van der Waals surface area contributed by atoms with Gasteiger partial charge < -0.3 is 10.6 Å². The van der Waals surface area contributed by atoms with E-state index in [9.17, 15) is 4.79 Å². The van der Waals surface area contributed by atoms with Crippen LogP contribution < -0.4 is 5.73 Å². The van der Waals surface area contributed by atoms with Crippen molar-refractivity contribution in [1.29, 1.82) is 0 Å². The minimum atomic E-state index is -0.0591. The van der Waals surface area contributed by atoms with Crippen LogP contribution in [-0.2, 0) is 0 Å². The number of amides is 1. The minimum absolute atomic E-state index is 0.0591. The molecule has 0 atom stereocenters. The molecule has 1 aromatic rings. The molecule has 0 saturated heterocycles. The Balaban J connectivity index is 2.95. The Morgan fingerprint density at radius 1 is 1.33 bits per heavy atom. The first-order chi connectivity index (χ1) is 8.51. The predicted octanol–water partition coefficient (Wildman–Crippen LogP) is 3.84. The molecule has 3 nitrogen and oxygen atoms in total. The van der Waals surface area contributed by atoms with Gasteiger partial charge in [-0.15, -0.1) is 0 Å². The van der Waals surface area contributed by atoms with E-state index in [1.165, 1.54) is 0 Å². The zero-order valence-corrected chi connectivity index (χ0v) is 12.2. The molecule has 0 aliphatic rings. The molecule has 0 heterocycles. The van der Waals surface area contributed by atoms with Crippen LogP contribution in [0.15, 0.2) is 12.1 Å². The Morgan fingerprint density at radius 3 is 2.50 bits per heavy atom. The van der Waals surface area contributed by atoms with E-state index in [0.717, 1.165) is 19.4 Å². The van der Waals surface area contributed by atoms with Crippen LogP contribution in [0.5, 0.6) is 0 Å². The second kappa shape index (κ2) is 6.86. The van der Waals surface area contributed by atoms with Gasteiger partial charge in [-0.2, -0.15) is 0 Å². The van der Waals surface area contributed by atoms with Crippen molar-refractivity contribution >= 4 is 34.8 Å². The van der Waals surface area contributed by atoms with Crippen LogP contribution in [0.4, 0.5) is 5.69 Å². The van der Waals surface area contributed by atoms with Crippen molar-refractivity contribution in [3.05, 3.63) is 27.7 Å². The van der Waals surface area contributed by atoms with E-state index >= 15 is 0 Å². The lowest BCUT2D eigenvalue weighted by Crippen LogP contribution is -2.31. The lowest BCUT2D eigenvalue weighted by atomic mass is 10.1. The number of nitrogens with two attached hydrogens (primary N) is 1. The summed E-state index contributed by atoms with van der Waals surface area (Å²) in [6.07, 6.45) is 2.03. The minimum Gasteiger partial charge on any atom is -0.397 e. The molecule has 0 saturated carbocycles. The summed E-state index contributed by atoms with van der Waals surface area (Å²) in [6.45, 7) is 5.45. The summed E-state index contributed by atoms with van der Waals surface area (Å²) in [4.78, 5) is 14.0. The first-order valence-corrected chi connectivity index (χ1v) is 6.80. The van der Waals surface area contributed by atoms with Gasteiger partial charge in [-0.25, -0.2) is 0 Å². The van der Waals surface area contributed by atoms with Crippen molar-refractivity contribution in [2.24, 2.45) is 0 Å². The van der Waals surface area contributed by atoms with Crippen molar-refractivity contribution in [3.63, 3.8) is 0 Å². The van der Waals surface area contributed by atoms with Crippen LogP contribution >= 0.6 is 23.2 Å². The molecule has 18 heavy (non-hydrogen) atoms. The van der Waals surface area contributed by atoms with E-state index in [1.54, 1.807) is 17.0 Å². The molecular formula is C13H18Cl2N2O. The van der Waals surface area contributed by atoms with Gasteiger partial charge in [0.15, 0.2) is 0 Å². The lowest BCUT2D eigenvalue weighted by molar-refractivity contribution is 0.0762. The molecule has 1 amide bonds. The number of benzene rings is 1. The number of carbonyl (C=O) groups is 1. The highest BCUT2D eigenvalue weighted by Crippen LogP contribution is 2.29. The van der Waals surface area contributed by atoms with Crippen molar-refractivity contribution in [3.8, 4) is 0 Å². The van der Waals surface area contributed by atoms with Crippen LogP contribution in [0.25, 0.3) is 0 Å². The quantitative estimate of drug-likeness (QED) is 0.837. The zero-order valence-electron chi connectivity index (χ0n) is 10.7. The molecule has 1 aromatic carbocycles. The molecule has 100 valence electrons. The molecule has 0 bridgehead atoms. The Hall–Kier alpha value is -0.930. The van der Waals surface area contributed by atoms with Gasteiger partial charge in [-0.05, 0) is 25.5 Å². The number of hydrogen-bond acceptors (Lipinski definition) is 2. The zero-order chi connectivity index (χ0) is 13.7. The van der Waals surface area contributed by atoms with Gasteiger partial charge in [0.05, 0.1) is 15.7 Å². The summed E-state index contributed by atoms with van der Waals surface area (Å²) in [5.74, 6) is -0.0591. The fourth-order valence-corrected chi connectivity index (χ4v) is 2.00. The molecule has 0 spiro atoms. The maximum absolute atomic E-state index is 12.3. The van der Waals surface area contributed by atoms with Crippen LogP contribution in [-0.4, -0.2) is 23.9 Å². The predicted molar refractivity (Wildman–Crippen MR) is 77.4 cm³/mol. The van der Waals surface area contributed by atoms with E-state index in [4.69, 9.17) is 28.9 Å². The highest BCUT2D eigenvalue weighted by Gasteiger charge is 2.16. The fraction of sp³-hybridized carbons (Fsp3) is 0.462. The highest BCUT2D eigenvalue weighted by molar-refractivity contribution is 6.43. The first kappa shape index (κ1) is 15.1. The lowest BCUT2D eigenvalue weighted by Gasteiger charge is -2.21. The average molecular weight is 289 g/mol. The van der Waals surface area contributed by atoms with Crippen molar-refractivity contribution in [1.82, 2.24) is 4.90 Å². The van der Waals surface area contributed by atoms with Gasteiger partial charge in [0.2, 0.25) is 0 Å². The summed E-state index contributed by atoms with van der Waals surface area (Å²) in [5, 5.41) is 0.608. The standard InChI is InChI=1S/C13H18Cl2N2O/c1-3-5-6-17(4-2)13(18)9-7-10(14)12(15)11(16)8-9/h7-8H,3-6,16H2,1-2H3. The fourth-order valence-electron chi connectivity index (χ4n) is 1.67. The molecule has 0 aliphatic heterocycles. The number of halogens is 2. The Bertz CT molecular complexity index is 412. The largest absolute Gasteiger partial charge is 0.397 e. The van der Waals surface area contributed by atoms with Gasteiger partial charge >= 0.3 is 0 Å². The maximum atomic E-state index is 12.3. The maximum Gasteiger partial charge on any atom is 0.253 e. The van der Waals surface area contributed by atoms with Crippen molar-refractivity contribution in [2.45, 2.75) is 26.7 Å². The second-order valence-electron chi connectivity index (χ2n) is 4.10. The number of carbonyl (C=O) groups excluding carboxylic acids is 1. The van der Waals surface area contributed by atoms with Crippen molar-refractivity contribution < 1.29 is 4.79 Å². The molecule has 0 aliphatic carbocycles. The summed E-state index contributed by atoms with van der Waals surface area (Å²) in [7, 11) is 0. The normalized spacial score (nSPS) is 10.4. The molecule has 1 rings (SSSR count). The third-order valence-corrected chi connectivity index (χ3v) is 3.57. The van der Waals surface area contributed by atoms with E-state index < -0.39 is 0 Å². The van der Waals surface area contributed by atoms with Gasteiger partial charge in [0, 0.05) is 18.7 Å².